The second-order valence-electron chi connectivity index (χ2n) is 5.11. The lowest BCUT2D eigenvalue weighted by Crippen LogP contribution is -3.08. The van der Waals surface area contributed by atoms with Gasteiger partial charge in [0.15, 0.2) is 6.54 Å². The van der Waals surface area contributed by atoms with Gasteiger partial charge in [0.2, 0.25) is 0 Å². The van der Waals surface area contributed by atoms with Crippen LogP contribution in [0.25, 0.3) is 0 Å². The Hall–Kier alpha value is -1.79. The van der Waals surface area contributed by atoms with Gasteiger partial charge in [0, 0.05) is 16.1 Å². The van der Waals surface area contributed by atoms with Crippen LogP contribution < -0.4 is 10.2 Å². The Morgan fingerprint density at radius 3 is 2.55 bits per heavy atom. The molecule has 2 aromatic carbocycles. The third-order valence-corrected chi connectivity index (χ3v) is 3.61. The molecule has 2 N–H and O–H groups in total. The van der Waals surface area contributed by atoms with Crippen molar-refractivity contribution in [3.05, 3.63) is 64.1 Å². The highest BCUT2D eigenvalue weighted by molar-refractivity contribution is 9.10. The first-order valence-electron chi connectivity index (χ1n) is 6.74. The molecular formula is C16H16BrF2N2O+. The van der Waals surface area contributed by atoms with Crippen molar-refractivity contribution in [3.63, 3.8) is 0 Å². The Balaban J connectivity index is 1.91. The summed E-state index contributed by atoms with van der Waals surface area (Å²) in [6.07, 6.45) is 0. The van der Waals surface area contributed by atoms with Crippen molar-refractivity contribution in [2.75, 3.05) is 18.9 Å². The predicted molar refractivity (Wildman–Crippen MR) is 84.6 cm³/mol. The summed E-state index contributed by atoms with van der Waals surface area (Å²) >= 11 is 3.36. The monoisotopic (exact) mass is 369 g/mol. The van der Waals surface area contributed by atoms with Gasteiger partial charge in [-0.05, 0) is 24.3 Å². The van der Waals surface area contributed by atoms with Gasteiger partial charge in [-0.1, -0.05) is 28.1 Å². The van der Waals surface area contributed by atoms with E-state index in [4.69, 9.17) is 0 Å². The minimum atomic E-state index is -0.652. The molecule has 0 aliphatic heterocycles. The van der Waals surface area contributed by atoms with Crippen molar-refractivity contribution < 1.29 is 18.5 Å². The van der Waals surface area contributed by atoms with Crippen LogP contribution in [0.5, 0.6) is 0 Å². The maximum Gasteiger partial charge on any atom is 0.279 e. The van der Waals surface area contributed by atoms with Crippen molar-refractivity contribution in [2.45, 2.75) is 6.54 Å². The maximum absolute atomic E-state index is 13.5. The van der Waals surface area contributed by atoms with Gasteiger partial charge in [-0.2, -0.15) is 0 Å². The maximum atomic E-state index is 13.5. The van der Waals surface area contributed by atoms with Crippen LogP contribution in [0.15, 0.2) is 46.9 Å². The summed E-state index contributed by atoms with van der Waals surface area (Å²) in [5, 5.41) is 2.39. The molecular weight excluding hydrogens is 354 g/mol. The third kappa shape index (κ3) is 4.89. The number of carbonyl (C=O) groups excluding carboxylic acids is 1. The first kappa shape index (κ1) is 16.6. The minimum Gasteiger partial charge on any atom is -0.326 e. The summed E-state index contributed by atoms with van der Waals surface area (Å²) in [5.74, 6) is -1.60. The van der Waals surface area contributed by atoms with Gasteiger partial charge >= 0.3 is 0 Å². The summed E-state index contributed by atoms with van der Waals surface area (Å²) in [5.41, 5.74) is 0.951. The lowest BCUT2D eigenvalue weighted by molar-refractivity contribution is -0.885. The highest BCUT2D eigenvalue weighted by atomic mass is 79.9. The van der Waals surface area contributed by atoms with Gasteiger partial charge in [0.1, 0.15) is 18.2 Å². The quantitative estimate of drug-likeness (QED) is 0.833. The zero-order chi connectivity index (χ0) is 16.1. The van der Waals surface area contributed by atoms with Crippen LogP contribution in [-0.2, 0) is 11.3 Å². The summed E-state index contributed by atoms with van der Waals surface area (Å²) < 4.78 is 27.5. The van der Waals surface area contributed by atoms with Gasteiger partial charge in [-0.15, -0.1) is 0 Å². The Bertz CT molecular complexity index is 662. The second-order valence-corrected chi connectivity index (χ2v) is 6.03. The van der Waals surface area contributed by atoms with Gasteiger partial charge in [0.05, 0.1) is 12.7 Å². The first-order valence-corrected chi connectivity index (χ1v) is 7.54. The number of hydrogen-bond acceptors (Lipinski definition) is 1. The fourth-order valence-electron chi connectivity index (χ4n) is 2.07. The van der Waals surface area contributed by atoms with E-state index in [9.17, 15) is 13.6 Å². The molecule has 116 valence electrons. The molecule has 1 atom stereocenters. The summed E-state index contributed by atoms with van der Waals surface area (Å²) in [7, 11) is 1.86. The van der Waals surface area contributed by atoms with Crippen LogP contribution in [-0.4, -0.2) is 19.5 Å². The molecule has 3 nitrogen and oxygen atoms in total. The molecule has 0 saturated heterocycles. The molecule has 2 rings (SSSR count). The van der Waals surface area contributed by atoms with E-state index in [0.717, 1.165) is 33.1 Å². The summed E-state index contributed by atoms with van der Waals surface area (Å²) in [6.45, 7) is 0.818. The molecule has 6 heteroatoms. The first-order chi connectivity index (χ1) is 10.4. The van der Waals surface area contributed by atoms with E-state index < -0.39 is 11.6 Å². The van der Waals surface area contributed by atoms with Gasteiger partial charge in [-0.3, -0.25) is 4.79 Å². The molecule has 0 fully saturated rings. The molecule has 2 aromatic rings. The molecule has 1 unspecified atom stereocenters. The van der Waals surface area contributed by atoms with Gasteiger partial charge in [-0.25, -0.2) is 8.78 Å². The molecule has 0 heterocycles. The normalized spacial score (nSPS) is 12.0. The fourth-order valence-corrected chi connectivity index (χ4v) is 2.34. The number of benzene rings is 2. The van der Waals surface area contributed by atoms with E-state index in [1.165, 1.54) is 0 Å². The lowest BCUT2D eigenvalue weighted by atomic mass is 10.2. The molecule has 0 aliphatic carbocycles. The summed E-state index contributed by atoms with van der Waals surface area (Å²) in [6, 6.07) is 10.8. The molecule has 0 radical (unpaired) electrons. The zero-order valence-corrected chi connectivity index (χ0v) is 13.6. The smallest absolute Gasteiger partial charge is 0.279 e. The second kappa shape index (κ2) is 7.47. The van der Waals surface area contributed by atoms with Crippen molar-refractivity contribution in [3.8, 4) is 0 Å². The van der Waals surface area contributed by atoms with Crippen LogP contribution in [0.1, 0.15) is 5.56 Å². The minimum absolute atomic E-state index is 0.138. The zero-order valence-electron chi connectivity index (χ0n) is 12.0. The van der Waals surface area contributed by atoms with E-state index in [2.05, 4.69) is 21.2 Å². The van der Waals surface area contributed by atoms with Crippen molar-refractivity contribution in [2.24, 2.45) is 0 Å². The Morgan fingerprint density at radius 2 is 1.86 bits per heavy atom. The lowest BCUT2D eigenvalue weighted by Gasteiger charge is -2.14. The predicted octanol–water partition coefficient (Wildman–Crippen LogP) is 2.38. The van der Waals surface area contributed by atoms with E-state index in [1.807, 2.05) is 31.3 Å². The van der Waals surface area contributed by atoms with Crippen molar-refractivity contribution in [1.29, 1.82) is 0 Å². The number of hydrogen-bond donors (Lipinski definition) is 2. The van der Waals surface area contributed by atoms with Crippen LogP contribution in [0.2, 0.25) is 0 Å². The van der Waals surface area contributed by atoms with Crippen LogP contribution in [0.3, 0.4) is 0 Å². The van der Waals surface area contributed by atoms with E-state index in [-0.39, 0.29) is 18.1 Å². The average molecular weight is 370 g/mol. The molecule has 0 bridgehead atoms. The highest BCUT2D eigenvalue weighted by Crippen LogP contribution is 2.14. The summed E-state index contributed by atoms with van der Waals surface area (Å²) in [4.78, 5) is 12.8. The number of rotatable bonds is 5. The number of quaternary nitrogens is 1. The molecule has 22 heavy (non-hydrogen) atoms. The molecule has 0 aliphatic rings. The van der Waals surface area contributed by atoms with Crippen LogP contribution in [0.4, 0.5) is 14.5 Å². The van der Waals surface area contributed by atoms with Gasteiger partial charge in [0.25, 0.3) is 5.91 Å². The van der Waals surface area contributed by atoms with E-state index >= 15 is 0 Å². The Labute approximate surface area is 136 Å². The molecule has 1 amide bonds. The number of likely N-dealkylation sites (N-methyl/N-ethyl adjacent to an activating group) is 1. The SMILES string of the molecule is C[NH+](CC(=O)Nc1cc(F)ccc1F)Cc1ccc(Br)cc1. The van der Waals surface area contributed by atoms with E-state index in [0.29, 0.717) is 6.54 Å². The topological polar surface area (TPSA) is 33.5 Å². The number of carbonyl (C=O) groups is 1. The highest BCUT2D eigenvalue weighted by Gasteiger charge is 2.13. The average Bonchev–Trinajstić information content (AvgIpc) is 2.45. The standard InChI is InChI=1S/C16H15BrF2N2O/c1-21(9-11-2-4-12(17)5-3-11)10-16(22)20-15-8-13(18)6-7-14(15)19/h2-8H,9-10H2,1H3,(H,20,22)/p+1. The van der Waals surface area contributed by atoms with Crippen molar-refractivity contribution in [1.82, 2.24) is 0 Å². The van der Waals surface area contributed by atoms with E-state index in [1.54, 1.807) is 0 Å². The van der Waals surface area contributed by atoms with Gasteiger partial charge < -0.3 is 10.2 Å². The fraction of sp³-hybridized carbons (Fsp3) is 0.188. The number of amides is 1. The molecule has 0 aromatic heterocycles. The van der Waals surface area contributed by atoms with Crippen LogP contribution in [0, 0.1) is 11.6 Å². The number of halogens is 3. The Kier molecular flexibility index (Phi) is 5.63. The largest absolute Gasteiger partial charge is 0.326 e. The van der Waals surface area contributed by atoms with Crippen molar-refractivity contribution >= 4 is 27.5 Å². The number of anilines is 1. The molecule has 0 saturated carbocycles. The van der Waals surface area contributed by atoms with Crippen LogP contribution >= 0.6 is 15.9 Å². The Morgan fingerprint density at radius 1 is 1.18 bits per heavy atom. The molecule has 0 spiro atoms. The number of nitrogens with one attached hydrogen (secondary N) is 2. The third-order valence-electron chi connectivity index (χ3n) is 3.08.